The van der Waals surface area contributed by atoms with Crippen molar-refractivity contribution in [3.05, 3.63) is 100 Å². The van der Waals surface area contributed by atoms with Gasteiger partial charge in [0.15, 0.2) is 5.17 Å². The predicted molar refractivity (Wildman–Crippen MR) is 127 cm³/mol. The number of carbonyl (C=O) groups excluding carboxylic acids is 1. The number of hydrogen-bond acceptors (Lipinski definition) is 5. The fourth-order valence-electron chi connectivity index (χ4n) is 3.46. The summed E-state index contributed by atoms with van der Waals surface area (Å²) in [7, 11) is 2.01. The van der Waals surface area contributed by atoms with E-state index in [9.17, 15) is 4.79 Å². The van der Waals surface area contributed by atoms with Crippen LogP contribution in [0, 0.1) is 0 Å². The first-order valence-electron chi connectivity index (χ1n) is 9.63. The zero-order chi connectivity index (χ0) is 20.5. The molecule has 0 N–H and O–H groups in total. The van der Waals surface area contributed by atoms with Crippen LogP contribution in [0.25, 0.3) is 0 Å². The molecule has 2 aliphatic heterocycles. The lowest BCUT2D eigenvalue weighted by Gasteiger charge is -2.16. The van der Waals surface area contributed by atoms with Gasteiger partial charge in [-0.2, -0.15) is 0 Å². The predicted octanol–water partition coefficient (Wildman–Crippen LogP) is 5.73. The highest BCUT2D eigenvalue weighted by Crippen LogP contribution is 2.50. The van der Waals surface area contributed by atoms with E-state index in [1.165, 1.54) is 11.8 Å². The Balaban J connectivity index is 1.55. The Bertz CT molecular complexity index is 1160. The number of amidine groups is 1. The molecule has 30 heavy (non-hydrogen) atoms. The van der Waals surface area contributed by atoms with Gasteiger partial charge in [-0.05, 0) is 41.6 Å². The van der Waals surface area contributed by atoms with Gasteiger partial charge in [0, 0.05) is 11.9 Å². The zero-order valence-corrected chi connectivity index (χ0v) is 18.0. The summed E-state index contributed by atoms with van der Waals surface area (Å²) >= 11 is 3.10. The summed E-state index contributed by atoms with van der Waals surface area (Å²) in [6.45, 7) is 0.533. The molecular formula is C24H19N3OS2. The summed E-state index contributed by atoms with van der Waals surface area (Å²) < 4.78 is 0. The third-order valence-electron chi connectivity index (χ3n) is 4.97. The van der Waals surface area contributed by atoms with Gasteiger partial charge in [-0.1, -0.05) is 72.4 Å². The quantitative estimate of drug-likeness (QED) is 0.498. The SMILES string of the molecule is CN1/C(=C2/S/C(=N\Cc3ccccc3)N(c3ccccc3)C2=O)Sc2ccccc21. The smallest absolute Gasteiger partial charge is 0.274 e. The van der Waals surface area contributed by atoms with Gasteiger partial charge in [0.2, 0.25) is 0 Å². The number of amides is 1. The summed E-state index contributed by atoms with van der Waals surface area (Å²) in [4.78, 5) is 24.1. The molecule has 4 nitrogen and oxygen atoms in total. The number of hydrogen-bond donors (Lipinski definition) is 0. The van der Waals surface area contributed by atoms with Crippen LogP contribution in [0.4, 0.5) is 11.4 Å². The molecule has 5 rings (SSSR count). The Morgan fingerprint density at radius 3 is 2.23 bits per heavy atom. The minimum atomic E-state index is -0.0276. The van der Waals surface area contributed by atoms with Crippen molar-refractivity contribution in [2.75, 3.05) is 16.8 Å². The summed E-state index contributed by atoms with van der Waals surface area (Å²) in [6, 6.07) is 28.1. The molecule has 1 saturated heterocycles. The van der Waals surface area contributed by atoms with Crippen LogP contribution in [-0.2, 0) is 11.3 Å². The van der Waals surface area contributed by atoms with Crippen molar-refractivity contribution in [2.24, 2.45) is 4.99 Å². The van der Waals surface area contributed by atoms with Crippen LogP contribution in [0.3, 0.4) is 0 Å². The number of thioether (sulfide) groups is 2. The minimum absolute atomic E-state index is 0.0276. The van der Waals surface area contributed by atoms with E-state index in [1.807, 2.05) is 67.7 Å². The number of anilines is 2. The molecule has 1 fully saturated rings. The molecule has 3 aromatic carbocycles. The van der Waals surface area contributed by atoms with Crippen molar-refractivity contribution in [3.63, 3.8) is 0 Å². The van der Waals surface area contributed by atoms with Gasteiger partial charge in [-0.15, -0.1) is 0 Å². The van der Waals surface area contributed by atoms with Gasteiger partial charge < -0.3 is 4.90 Å². The van der Waals surface area contributed by atoms with Crippen molar-refractivity contribution in [2.45, 2.75) is 11.4 Å². The molecule has 0 aliphatic carbocycles. The van der Waals surface area contributed by atoms with E-state index >= 15 is 0 Å². The Hall–Kier alpha value is -2.96. The molecule has 3 aromatic rings. The Morgan fingerprint density at radius 2 is 1.50 bits per heavy atom. The van der Waals surface area contributed by atoms with E-state index in [4.69, 9.17) is 4.99 Å². The monoisotopic (exact) mass is 429 g/mol. The van der Waals surface area contributed by atoms with E-state index in [2.05, 4.69) is 29.2 Å². The Morgan fingerprint density at radius 1 is 0.833 bits per heavy atom. The lowest BCUT2D eigenvalue weighted by molar-refractivity contribution is -0.113. The number of aliphatic imine (C=N–C) groups is 1. The van der Waals surface area contributed by atoms with E-state index < -0.39 is 0 Å². The van der Waals surface area contributed by atoms with E-state index in [0.29, 0.717) is 11.7 Å². The number of carbonyl (C=O) groups is 1. The number of fused-ring (bicyclic) bond motifs is 1. The maximum Gasteiger partial charge on any atom is 0.274 e. The summed E-state index contributed by atoms with van der Waals surface area (Å²) in [6.07, 6.45) is 0. The first kappa shape index (κ1) is 19.0. The molecule has 1 amide bonds. The second kappa shape index (κ2) is 8.05. The van der Waals surface area contributed by atoms with Crippen LogP contribution >= 0.6 is 23.5 Å². The molecule has 0 spiro atoms. The molecule has 0 unspecified atom stereocenters. The van der Waals surface area contributed by atoms with Gasteiger partial charge in [0.1, 0.15) is 4.91 Å². The van der Waals surface area contributed by atoms with E-state index in [0.717, 1.165) is 31.8 Å². The van der Waals surface area contributed by atoms with Crippen LogP contribution in [0.5, 0.6) is 0 Å². The molecule has 0 atom stereocenters. The van der Waals surface area contributed by atoms with Crippen LogP contribution in [0.15, 0.2) is 105 Å². The molecule has 6 heteroatoms. The van der Waals surface area contributed by atoms with Crippen molar-refractivity contribution < 1.29 is 4.79 Å². The van der Waals surface area contributed by atoms with Gasteiger partial charge in [0.05, 0.1) is 22.9 Å². The molecule has 2 aliphatic rings. The Kier molecular flexibility index (Phi) is 5.11. The number of para-hydroxylation sites is 2. The number of benzene rings is 3. The molecule has 0 saturated carbocycles. The highest BCUT2D eigenvalue weighted by Gasteiger charge is 2.39. The lowest BCUT2D eigenvalue weighted by atomic mass is 10.2. The summed E-state index contributed by atoms with van der Waals surface area (Å²) in [5.74, 6) is -0.0276. The van der Waals surface area contributed by atoms with Crippen molar-refractivity contribution in [1.82, 2.24) is 0 Å². The average molecular weight is 430 g/mol. The summed E-state index contributed by atoms with van der Waals surface area (Å²) in [5.41, 5.74) is 3.08. The van der Waals surface area contributed by atoms with Crippen LogP contribution < -0.4 is 9.80 Å². The van der Waals surface area contributed by atoms with Crippen molar-refractivity contribution in [3.8, 4) is 0 Å². The molecule has 148 valence electrons. The van der Waals surface area contributed by atoms with Crippen LogP contribution in [0.2, 0.25) is 0 Å². The fourth-order valence-corrected chi connectivity index (χ4v) is 5.78. The second-order valence-electron chi connectivity index (χ2n) is 6.93. The van der Waals surface area contributed by atoms with Crippen LogP contribution in [0.1, 0.15) is 5.56 Å². The van der Waals surface area contributed by atoms with Gasteiger partial charge >= 0.3 is 0 Å². The lowest BCUT2D eigenvalue weighted by Crippen LogP contribution is -2.29. The molecule has 0 radical (unpaired) electrons. The average Bonchev–Trinajstić information content (AvgIpc) is 3.30. The molecule has 2 heterocycles. The largest absolute Gasteiger partial charge is 0.337 e. The fraction of sp³-hybridized carbons (Fsp3) is 0.0833. The first-order valence-corrected chi connectivity index (χ1v) is 11.3. The normalized spacial score (nSPS) is 19.6. The van der Waals surface area contributed by atoms with Gasteiger partial charge in [-0.25, -0.2) is 0 Å². The number of rotatable bonds is 3. The maximum absolute atomic E-state index is 13.5. The standard InChI is InChI=1S/C24H19N3OS2/c1-26-19-14-8-9-15-20(19)29-23(26)21-22(28)27(18-12-6-3-7-13-18)24(30-21)25-16-17-10-4-2-5-11-17/h2-15H,16H2,1H3/b23-21-,25-24-. The summed E-state index contributed by atoms with van der Waals surface area (Å²) in [5, 5.41) is 1.67. The second-order valence-corrected chi connectivity index (χ2v) is 8.93. The topological polar surface area (TPSA) is 35.9 Å². The van der Waals surface area contributed by atoms with Crippen LogP contribution in [-0.4, -0.2) is 18.1 Å². The third kappa shape index (κ3) is 3.42. The molecule has 0 aromatic heterocycles. The zero-order valence-electron chi connectivity index (χ0n) is 16.4. The van der Waals surface area contributed by atoms with Gasteiger partial charge in [0.25, 0.3) is 5.91 Å². The van der Waals surface area contributed by atoms with E-state index in [-0.39, 0.29) is 5.91 Å². The van der Waals surface area contributed by atoms with Crippen molar-refractivity contribution >= 4 is 46.0 Å². The Labute approximate surface area is 184 Å². The van der Waals surface area contributed by atoms with Gasteiger partial charge in [-0.3, -0.25) is 14.7 Å². The van der Waals surface area contributed by atoms with E-state index in [1.54, 1.807) is 16.7 Å². The highest BCUT2D eigenvalue weighted by molar-refractivity contribution is 8.20. The minimum Gasteiger partial charge on any atom is -0.337 e. The van der Waals surface area contributed by atoms with Crippen molar-refractivity contribution in [1.29, 1.82) is 0 Å². The molecular weight excluding hydrogens is 410 g/mol. The first-order chi connectivity index (χ1) is 14.7. The molecule has 0 bridgehead atoms. The number of nitrogens with zero attached hydrogens (tertiary/aromatic N) is 3. The third-order valence-corrected chi connectivity index (χ3v) is 7.40. The highest BCUT2D eigenvalue weighted by atomic mass is 32.2. The maximum atomic E-state index is 13.5.